The molecule has 0 unspecified atom stereocenters. The maximum atomic E-state index is 13.2. The Bertz CT molecular complexity index is 752. The third kappa shape index (κ3) is 3.70. The van der Waals surface area contributed by atoms with E-state index in [4.69, 9.17) is 4.74 Å². The van der Waals surface area contributed by atoms with E-state index >= 15 is 0 Å². The van der Waals surface area contributed by atoms with Crippen LogP contribution in [-0.2, 0) is 12.1 Å². The zero-order valence-electron chi connectivity index (χ0n) is 15.7. The molecule has 1 aliphatic rings. The fraction of sp³-hybridized carbons (Fsp3) is 0.500. The Kier molecular flexibility index (Phi) is 4.58. The van der Waals surface area contributed by atoms with Crippen molar-refractivity contribution in [2.45, 2.75) is 58.7 Å². The summed E-state index contributed by atoms with van der Waals surface area (Å²) in [6.07, 6.45) is 3.87. The zero-order chi connectivity index (χ0) is 18.2. The smallest absolute Gasteiger partial charge is 0.257 e. The summed E-state index contributed by atoms with van der Waals surface area (Å²) < 4.78 is 7.14. The first-order valence-electron chi connectivity index (χ1n) is 8.80. The van der Waals surface area contributed by atoms with Gasteiger partial charge in [-0.3, -0.25) is 9.48 Å². The molecule has 2 aromatic rings. The maximum Gasteiger partial charge on any atom is 0.257 e. The second-order valence-electron chi connectivity index (χ2n) is 7.74. The van der Waals surface area contributed by atoms with E-state index in [9.17, 15) is 4.79 Å². The lowest BCUT2D eigenvalue weighted by Crippen LogP contribution is -2.33. The second kappa shape index (κ2) is 6.54. The summed E-state index contributed by atoms with van der Waals surface area (Å²) >= 11 is 0. The number of hydrogen-bond donors (Lipinski definition) is 0. The average molecular weight is 341 g/mol. The van der Waals surface area contributed by atoms with Gasteiger partial charge in [-0.2, -0.15) is 5.10 Å². The van der Waals surface area contributed by atoms with Crippen LogP contribution in [0.25, 0.3) is 0 Å². The maximum absolute atomic E-state index is 13.2. The van der Waals surface area contributed by atoms with Gasteiger partial charge in [-0.25, -0.2) is 0 Å². The topological polar surface area (TPSA) is 47.4 Å². The molecular weight excluding hydrogens is 314 g/mol. The molecule has 0 spiro atoms. The number of benzene rings is 1. The lowest BCUT2D eigenvalue weighted by Gasteiger charge is -2.24. The quantitative estimate of drug-likeness (QED) is 0.832. The van der Waals surface area contributed by atoms with Crippen molar-refractivity contribution in [3.05, 3.63) is 47.3 Å². The van der Waals surface area contributed by atoms with E-state index in [1.54, 1.807) is 13.3 Å². The molecule has 1 aromatic heterocycles. The van der Waals surface area contributed by atoms with Crippen molar-refractivity contribution in [2.24, 2.45) is 0 Å². The first-order valence-corrected chi connectivity index (χ1v) is 8.80. The molecule has 0 bridgehead atoms. The van der Waals surface area contributed by atoms with Crippen molar-refractivity contribution < 1.29 is 9.53 Å². The Labute approximate surface area is 149 Å². The van der Waals surface area contributed by atoms with E-state index in [1.165, 1.54) is 0 Å². The number of nitrogens with zero attached hydrogens (tertiary/aromatic N) is 3. The number of hydrogen-bond acceptors (Lipinski definition) is 3. The number of carbonyl (C=O) groups excluding carboxylic acids is 1. The van der Waals surface area contributed by atoms with Gasteiger partial charge in [0.05, 0.1) is 24.4 Å². The summed E-state index contributed by atoms with van der Waals surface area (Å²) in [5.41, 5.74) is 2.61. The van der Waals surface area contributed by atoms with Crippen LogP contribution in [0.2, 0.25) is 0 Å². The Hall–Kier alpha value is -2.30. The van der Waals surface area contributed by atoms with Crippen LogP contribution < -0.4 is 4.74 Å². The van der Waals surface area contributed by atoms with E-state index in [0.29, 0.717) is 18.2 Å². The molecule has 3 rings (SSSR count). The standard InChI is InChI=1S/C20H27N3O2/c1-14-18(12-21-23(14)20(2,3)4)19(24)22(16-8-9-16)13-15-6-10-17(25-5)11-7-15/h6-7,10-12,16H,8-9,13H2,1-5H3. The number of amides is 1. The normalized spacial score (nSPS) is 14.4. The highest BCUT2D eigenvalue weighted by molar-refractivity contribution is 5.95. The van der Waals surface area contributed by atoms with Crippen molar-refractivity contribution in [1.82, 2.24) is 14.7 Å². The molecule has 0 radical (unpaired) electrons. The molecule has 0 N–H and O–H groups in total. The highest BCUT2D eigenvalue weighted by atomic mass is 16.5. The summed E-state index contributed by atoms with van der Waals surface area (Å²) in [6, 6.07) is 8.26. The molecule has 0 aliphatic heterocycles. The minimum absolute atomic E-state index is 0.0753. The Morgan fingerprint density at radius 3 is 2.40 bits per heavy atom. The molecule has 5 nitrogen and oxygen atoms in total. The van der Waals surface area contributed by atoms with Crippen LogP contribution in [0, 0.1) is 6.92 Å². The van der Waals surface area contributed by atoms with Gasteiger partial charge in [-0.15, -0.1) is 0 Å². The molecule has 1 aliphatic carbocycles. The lowest BCUT2D eigenvalue weighted by atomic mass is 10.1. The fourth-order valence-corrected chi connectivity index (χ4v) is 3.13. The van der Waals surface area contributed by atoms with Gasteiger partial charge in [-0.05, 0) is 58.2 Å². The van der Waals surface area contributed by atoms with Crippen molar-refractivity contribution in [2.75, 3.05) is 7.11 Å². The molecule has 5 heteroatoms. The molecule has 134 valence electrons. The van der Waals surface area contributed by atoms with E-state index < -0.39 is 0 Å². The van der Waals surface area contributed by atoms with Crippen molar-refractivity contribution in [3.8, 4) is 5.75 Å². The predicted octanol–water partition coefficient (Wildman–Crippen LogP) is 3.76. The lowest BCUT2D eigenvalue weighted by molar-refractivity contribution is 0.0729. The van der Waals surface area contributed by atoms with Crippen molar-refractivity contribution >= 4 is 5.91 Å². The SMILES string of the molecule is COc1ccc(CN(C(=O)c2cnn(C(C)(C)C)c2C)C2CC2)cc1. The third-order valence-electron chi connectivity index (χ3n) is 4.64. The second-order valence-corrected chi connectivity index (χ2v) is 7.74. The number of rotatable bonds is 5. The summed E-state index contributed by atoms with van der Waals surface area (Å²) in [4.78, 5) is 15.1. The van der Waals surface area contributed by atoms with Crippen molar-refractivity contribution in [3.63, 3.8) is 0 Å². The average Bonchev–Trinajstić information content (AvgIpc) is 3.33. The summed E-state index contributed by atoms with van der Waals surface area (Å²) in [5, 5.41) is 4.45. The van der Waals surface area contributed by atoms with Gasteiger partial charge in [-0.1, -0.05) is 12.1 Å². The van der Waals surface area contributed by atoms with E-state index in [2.05, 4.69) is 25.9 Å². The van der Waals surface area contributed by atoms with Crippen LogP contribution in [0.5, 0.6) is 5.75 Å². The minimum Gasteiger partial charge on any atom is -0.497 e. The van der Waals surface area contributed by atoms with Gasteiger partial charge in [0, 0.05) is 18.3 Å². The Morgan fingerprint density at radius 2 is 1.92 bits per heavy atom. The van der Waals surface area contributed by atoms with Gasteiger partial charge in [0.25, 0.3) is 5.91 Å². The molecule has 1 heterocycles. The summed E-state index contributed by atoms with van der Waals surface area (Å²) in [6.45, 7) is 8.88. The van der Waals surface area contributed by atoms with Crippen molar-refractivity contribution in [1.29, 1.82) is 0 Å². The Morgan fingerprint density at radius 1 is 1.28 bits per heavy atom. The first-order chi connectivity index (χ1) is 11.8. The predicted molar refractivity (Wildman–Crippen MR) is 97.8 cm³/mol. The monoisotopic (exact) mass is 341 g/mol. The molecule has 1 amide bonds. The van der Waals surface area contributed by atoms with Gasteiger partial charge < -0.3 is 9.64 Å². The highest BCUT2D eigenvalue weighted by Gasteiger charge is 2.35. The van der Waals surface area contributed by atoms with Crippen LogP contribution >= 0.6 is 0 Å². The van der Waals surface area contributed by atoms with Crippen LogP contribution in [-0.4, -0.2) is 33.7 Å². The van der Waals surface area contributed by atoms with Crippen LogP contribution in [0.1, 0.15) is 55.2 Å². The summed E-state index contributed by atoms with van der Waals surface area (Å²) in [7, 11) is 1.66. The number of carbonyl (C=O) groups is 1. The minimum atomic E-state index is -0.136. The number of methoxy groups -OCH3 is 1. The molecule has 1 aromatic carbocycles. The van der Waals surface area contributed by atoms with Crippen LogP contribution in [0.3, 0.4) is 0 Å². The summed E-state index contributed by atoms with van der Waals surface area (Å²) in [5.74, 6) is 0.904. The molecule has 0 saturated heterocycles. The molecule has 1 fully saturated rings. The molecular formula is C20H27N3O2. The van der Waals surface area contributed by atoms with Crippen LogP contribution in [0.15, 0.2) is 30.5 Å². The first kappa shape index (κ1) is 17.5. The van der Waals surface area contributed by atoms with Crippen LogP contribution in [0.4, 0.5) is 0 Å². The van der Waals surface area contributed by atoms with Gasteiger partial charge in [0.1, 0.15) is 5.75 Å². The van der Waals surface area contributed by atoms with E-state index in [-0.39, 0.29) is 11.4 Å². The third-order valence-corrected chi connectivity index (χ3v) is 4.64. The van der Waals surface area contributed by atoms with Gasteiger partial charge in [0.15, 0.2) is 0 Å². The van der Waals surface area contributed by atoms with E-state index in [1.807, 2.05) is 40.8 Å². The number of ether oxygens (including phenoxy) is 1. The van der Waals surface area contributed by atoms with Gasteiger partial charge >= 0.3 is 0 Å². The molecule has 1 saturated carbocycles. The van der Waals surface area contributed by atoms with Gasteiger partial charge in [0.2, 0.25) is 0 Å². The largest absolute Gasteiger partial charge is 0.497 e. The number of aromatic nitrogens is 2. The molecule has 25 heavy (non-hydrogen) atoms. The van der Waals surface area contributed by atoms with E-state index in [0.717, 1.165) is 29.8 Å². The fourth-order valence-electron chi connectivity index (χ4n) is 3.13. The molecule has 0 atom stereocenters. The highest BCUT2D eigenvalue weighted by Crippen LogP contribution is 2.31. The zero-order valence-corrected chi connectivity index (χ0v) is 15.7. The Balaban J connectivity index is 1.83.